The van der Waals surface area contributed by atoms with Gasteiger partial charge in [-0.05, 0) is 47.2 Å². The molecule has 150 valence electrons. The summed E-state index contributed by atoms with van der Waals surface area (Å²) in [6, 6.07) is 16.1. The molecule has 0 aliphatic carbocycles. The van der Waals surface area contributed by atoms with E-state index in [-0.39, 0.29) is 17.1 Å². The Balaban J connectivity index is 1.65. The number of hydrogen-bond acceptors (Lipinski definition) is 3. The van der Waals surface area contributed by atoms with Crippen molar-refractivity contribution in [3.63, 3.8) is 0 Å². The van der Waals surface area contributed by atoms with Crippen molar-refractivity contribution < 1.29 is 9.18 Å². The number of carbonyl (C=O) groups excluding carboxylic acids is 1. The van der Waals surface area contributed by atoms with Crippen LogP contribution < -0.4 is 10.6 Å². The number of hydrogen-bond donors (Lipinski definition) is 2. The molecule has 3 rings (SSSR count). The van der Waals surface area contributed by atoms with Crippen LogP contribution in [0, 0.1) is 5.82 Å². The van der Waals surface area contributed by atoms with E-state index < -0.39 is 0 Å². The lowest BCUT2D eigenvalue weighted by atomic mass is 9.86. The van der Waals surface area contributed by atoms with Crippen molar-refractivity contribution >= 4 is 17.3 Å². The predicted octanol–water partition coefficient (Wildman–Crippen LogP) is 5.43. The first kappa shape index (κ1) is 20.5. The van der Waals surface area contributed by atoms with Crippen molar-refractivity contribution in [1.82, 2.24) is 4.98 Å². The first-order valence-corrected chi connectivity index (χ1v) is 9.67. The van der Waals surface area contributed by atoms with Gasteiger partial charge in [-0.1, -0.05) is 51.1 Å². The van der Waals surface area contributed by atoms with E-state index in [9.17, 15) is 9.18 Å². The molecule has 0 atom stereocenters. The van der Waals surface area contributed by atoms with Crippen LogP contribution in [0.4, 0.5) is 15.8 Å². The van der Waals surface area contributed by atoms with Gasteiger partial charge in [0.15, 0.2) is 0 Å². The van der Waals surface area contributed by atoms with Crippen molar-refractivity contribution in [1.29, 1.82) is 0 Å². The minimum atomic E-state index is -0.238. The molecule has 1 aromatic heterocycles. The number of nitrogens with one attached hydrogen (secondary N) is 2. The van der Waals surface area contributed by atoms with Crippen LogP contribution in [-0.4, -0.2) is 17.4 Å². The van der Waals surface area contributed by atoms with Gasteiger partial charge in [0.25, 0.3) is 5.91 Å². The molecule has 1 amide bonds. The molecule has 5 heteroatoms. The number of pyridine rings is 1. The third-order valence-electron chi connectivity index (χ3n) is 4.64. The van der Waals surface area contributed by atoms with Crippen LogP contribution in [0.2, 0.25) is 0 Å². The summed E-state index contributed by atoms with van der Waals surface area (Å²) in [6.07, 6.45) is 3.99. The monoisotopic (exact) mass is 391 g/mol. The van der Waals surface area contributed by atoms with Crippen LogP contribution in [0.25, 0.3) is 0 Å². The highest BCUT2D eigenvalue weighted by Crippen LogP contribution is 2.29. The lowest BCUT2D eigenvalue weighted by Gasteiger charge is -2.23. The van der Waals surface area contributed by atoms with Crippen LogP contribution in [-0.2, 0) is 11.8 Å². The summed E-state index contributed by atoms with van der Waals surface area (Å²) in [7, 11) is 0. The Kier molecular flexibility index (Phi) is 6.27. The third kappa shape index (κ3) is 5.64. The van der Waals surface area contributed by atoms with Crippen molar-refractivity contribution in [2.24, 2.45) is 0 Å². The molecule has 0 aliphatic rings. The van der Waals surface area contributed by atoms with Gasteiger partial charge in [-0.2, -0.15) is 0 Å². The van der Waals surface area contributed by atoms with Gasteiger partial charge in [0, 0.05) is 24.6 Å². The zero-order valence-electron chi connectivity index (χ0n) is 17.0. The molecule has 3 aromatic rings. The largest absolute Gasteiger partial charge is 0.383 e. The van der Waals surface area contributed by atoms with E-state index >= 15 is 0 Å². The summed E-state index contributed by atoms with van der Waals surface area (Å²) in [6.45, 7) is 7.01. The molecule has 0 radical (unpaired) electrons. The van der Waals surface area contributed by atoms with E-state index in [0.717, 1.165) is 28.9 Å². The van der Waals surface area contributed by atoms with Gasteiger partial charge in [-0.3, -0.25) is 9.78 Å². The van der Waals surface area contributed by atoms with Gasteiger partial charge in [-0.25, -0.2) is 4.39 Å². The first-order valence-electron chi connectivity index (χ1n) is 9.67. The Labute approximate surface area is 171 Å². The zero-order chi connectivity index (χ0) is 20.9. The fourth-order valence-corrected chi connectivity index (χ4v) is 3.10. The smallest absolute Gasteiger partial charge is 0.257 e. The maximum Gasteiger partial charge on any atom is 0.257 e. The average molecular weight is 391 g/mol. The van der Waals surface area contributed by atoms with Crippen LogP contribution >= 0.6 is 0 Å². The standard InChI is InChI=1S/C24H26FN3O/c1-24(2,3)21-6-4-5-7-22(21)28-23(29)18-14-20(16-26-15-18)27-13-12-17-8-10-19(25)11-9-17/h4-11,14-16,27H,12-13H2,1-3H3,(H,28,29). The predicted molar refractivity (Wildman–Crippen MR) is 116 cm³/mol. The quantitative estimate of drug-likeness (QED) is 0.589. The SMILES string of the molecule is CC(C)(C)c1ccccc1NC(=O)c1cncc(NCCc2ccc(F)cc2)c1. The van der Waals surface area contributed by atoms with Gasteiger partial charge in [0.1, 0.15) is 5.82 Å². The van der Waals surface area contributed by atoms with Gasteiger partial charge >= 0.3 is 0 Å². The van der Waals surface area contributed by atoms with Crippen LogP contribution in [0.15, 0.2) is 67.0 Å². The lowest BCUT2D eigenvalue weighted by molar-refractivity contribution is 0.102. The number of halogens is 1. The number of aromatic nitrogens is 1. The molecule has 0 saturated heterocycles. The number of benzene rings is 2. The molecule has 0 spiro atoms. The van der Waals surface area contributed by atoms with Crippen molar-refractivity contribution in [2.75, 3.05) is 17.2 Å². The Morgan fingerprint density at radius 2 is 1.76 bits per heavy atom. The maximum absolute atomic E-state index is 13.0. The molecule has 0 aliphatic heterocycles. The van der Waals surface area contributed by atoms with E-state index in [4.69, 9.17) is 0 Å². The molecule has 0 fully saturated rings. The summed E-state index contributed by atoms with van der Waals surface area (Å²) >= 11 is 0. The molecule has 2 N–H and O–H groups in total. The van der Waals surface area contributed by atoms with Crippen molar-refractivity contribution in [3.8, 4) is 0 Å². The normalized spacial score (nSPS) is 11.2. The van der Waals surface area contributed by atoms with E-state index in [1.807, 2.05) is 24.3 Å². The Morgan fingerprint density at radius 3 is 2.48 bits per heavy atom. The number of nitrogens with zero attached hydrogens (tertiary/aromatic N) is 1. The number of anilines is 2. The molecular weight excluding hydrogens is 365 g/mol. The maximum atomic E-state index is 13.0. The highest BCUT2D eigenvalue weighted by atomic mass is 19.1. The molecule has 0 bridgehead atoms. The van der Waals surface area contributed by atoms with E-state index in [2.05, 4.69) is 36.4 Å². The average Bonchev–Trinajstić information content (AvgIpc) is 2.69. The van der Waals surface area contributed by atoms with Crippen molar-refractivity contribution in [3.05, 3.63) is 89.5 Å². The molecule has 1 heterocycles. The van der Waals surface area contributed by atoms with Gasteiger partial charge in [0.2, 0.25) is 0 Å². The summed E-state index contributed by atoms with van der Waals surface area (Å²) in [5.41, 5.74) is 4.10. The summed E-state index contributed by atoms with van der Waals surface area (Å²) in [5.74, 6) is -0.436. The number of amides is 1. The van der Waals surface area contributed by atoms with E-state index in [1.165, 1.54) is 12.1 Å². The summed E-state index contributed by atoms with van der Waals surface area (Å²) < 4.78 is 13.0. The highest BCUT2D eigenvalue weighted by Gasteiger charge is 2.19. The summed E-state index contributed by atoms with van der Waals surface area (Å²) in [5, 5.41) is 6.27. The van der Waals surface area contributed by atoms with Crippen LogP contribution in [0.5, 0.6) is 0 Å². The molecule has 0 saturated carbocycles. The fraction of sp³-hybridized carbons (Fsp3) is 0.250. The minimum Gasteiger partial charge on any atom is -0.383 e. The molecule has 4 nitrogen and oxygen atoms in total. The molecule has 2 aromatic carbocycles. The second kappa shape index (κ2) is 8.86. The van der Waals surface area contributed by atoms with Crippen LogP contribution in [0.1, 0.15) is 42.3 Å². The molecular formula is C24H26FN3O. The molecule has 29 heavy (non-hydrogen) atoms. The zero-order valence-corrected chi connectivity index (χ0v) is 17.0. The summed E-state index contributed by atoms with van der Waals surface area (Å²) in [4.78, 5) is 16.9. The number of para-hydroxylation sites is 1. The van der Waals surface area contributed by atoms with Gasteiger partial charge in [0.05, 0.1) is 11.3 Å². The minimum absolute atomic E-state index is 0.0775. The van der Waals surface area contributed by atoms with E-state index in [0.29, 0.717) is 12.1 Å². The second-order valence-corrected chi connectivity index (χ2v) is 8.02. The lowest BCUT2D eigenvalue weighted by Crippen LogP contribution is -2.19. The Hall–Kier alpha value is -3.21. The number of carbonyl (C=O) groups is 1. The first-order chi connectivity index (χ1) is 13.8. The van der Waals surface area contributed by atoms with Gasteiger partial charge < -0.3 is 10.6 Å². The second-order valence-electron chi connectivity index (χ2n) is 8.02. The van der Waals surface area contributed by atoms with Gasteiger partial charge in [-0.15, -0.1) is 0 Å². The number of rotatable bonds is 6. The fourth-order valence-electron chi connectivity index (χ4n) is 3.10. The topological polar surface area (TPSA) is 54.0 Å². The molecule has 0 unspecified atom stereocenters. The van der Waals surface area contributed by atoms with Crippen LogP contribution in [0.3, 0.4) is 0 Å². The third-order valence-corrected chi connectivity index (χ3v) is 4.64. The van der Waals surface area contributed by atoms with E-state index in [1.54, 1.807) is 30.6 Å². The highest BCUT2D eigenvalue weighted by molar-refractivity contribution is 6.05. The van der Waals surface area contributed by atoms with Crippen molar-refractivity contribution in [2.45, 2.75) is 32.6 Å². The Morgan fingerprint density at radius 1 is 1.03 bits per heavy atom. The Bertz CT molecular complexity index is 978.